The number of nitrogens with two attached hydrogens (primary N) is 1. The first-order chi connectivity index (χ1) is 6.93. The molecule has 1 aromatic rings. The Morgan fingerprint density at radius 2 is 2.20 bits per heavy atom. The zero-order chi connectivity index (χ0) is 11.6. The molecule has 6 nitrogen and oxygen atoms in total. The summed E-state index contributed by atoms with van der Waals surface area (Å²) in [7, 11) is 0. The molecule has 0 spiro atoms. The molecule has 3 N–H and O–H groups in total. The minimum atomic E-state index is -1.16. The number of aliphatic carboxylic acids is 1. The monoisotopic (exact) mass is 210 g/mol. The second kappa shape index (κ2) is 4.05. The lowest BCUT2D eigenvalue weighted by Crippen LogP contribution is -2.21. The Kier molecular flexibility index (Phi) is 3.01. The van der Waals surface area contributed by atoms with Crippen molar-refractivity contribution in [2.75, 3.05) is 0 Å². The molecule has 0 fully saturated rings. The Hall–Kier alpha value is -1.95. The van der Waals surface area contributed by atoms with E-state index in [-0.39, 0.29) is 5.69 Å². The average molecular weight is 210 g/mol. The van der Waals surface area contributed by atoms with E-state index in [9.17, 15) is 14.9 Å². The lowest BCUT2D eigenvalue weighted by molar-refractivity contribution is -0.384. The third-order valence-corrected chi connectivity index (χ3v) is 2.07. The Balaban J connectivity index is 3.13. The van der Waals surface area contributed by atoms with Gasteiger partial charge in [0, 0.05) is 12.1 Å². The van der Waals surface area contributed by atoms with Crippen LogP contribution in [0.2, 0.25) is 0 Å². The van der Waals surface area contributed by atoms with Gasteiger partial charge < -0.3 is 10.8 Å². The number of aryl methyl sites for hydroxylation is 1. The Morgan fingerprint density at radius 3 is 2.60 bits per heavy atom. The molecule has 0 aliphatic rings. The number of hydrogen-bond acceptors (Lipinski definition) is 4. The number of nitro groups is 1. The quantitative estimate of drug-likeness (QED) is 0.571. The SMILES string of the molecule is Cc1cc([N+](=O)[O-])ccc1[C@H](N)C(=O)O. The standard InChI is InChI=1S/C9H10N2O4/c1-5-4-6(11(14)15)2-3-7(5)8(10)9(12)13/h2-4,8H,10H2,1H3,(H,12,13)/t8-/m0/s1. The summed E-state index contributed by atoms with van der Waals surface area (Å²) >= 11 is 0. The molecule has 0 radical (unpaired) electrons. The molecule has 0 aliphatic carbocycles. The summed E-state index contributed by atoms with van der Waals surface area (Å²) in [6.45, 7) is 1.59. The maximum atomic E-state index is 10.6. The minimum absolute atomic E-state index is 0.0751. The Morgan fingerprint density at radius 1 is 1.60 bits per heavy atom. The number of nitrogens with zero attached hydrogens (tertiary/aromatic N) is 1. The summed E-state index contributed by atoms with van der Waals surface area (Å²) in [5, 5.41) is 19.1. The van der Waals surface area contributed by atoms with E-state index in [4.69, 9.17) is 10.8 Å². The van der Waals surface area contributed by atoms with Gasteiger partial charge >= 0.3 is 5.97 Å². The van der Waals surface area contributed by atoms with Crippen molar-refractivity contribution in [2.45, 2.75) is 13.0 Å². The summed E-state index contributed by atoms with van der Waals surface area (Å²) in [6.07, 6.45) is 0. The summed E-state index contributed by atoms with van der Waals surface area (Å²) in [6, 6.07) is 2.76. The van der Waals surface area contributed by atoms with Gasteiger partial charge in [-0.3, -0.25) is 14.9 Å². The molecule has 0 saturated carbocycles. The van der Waals surface area contributed by atoms with Gasteiger partial charge in [-0.15, -0.1) is 0 Å². The molecular weight excluding hydrogens is 200 g/mol. The van der Waals surface area contributed by atoms with Crippen LogP contribution in [0.25, 0.3) is 0 Å². The lowest BCUT2D eigenvalue weighted by Gasteiger charge is -2.09. The molecule has 0 aliphatic heterocycles. The average Bonchev–Trinajstić information content (AvgIpc) is 2.16. The van der Waals surface area contributed by atoms with E-state index < -0.39 is 16.9 Å². The fourth-order valence-electron chi connectivity index (χ4n) is 1.26. The molecule has 1 atom stereocenters. The fraction of sp³-hybridized carbons (Fsp3) is 0.222. The van der Waals surface area contributed by atoms with E-state index in [1.165, 1.54) is 18.2 Å². The van der Waals surface area contributed by atoms with Gasteiger partial charge in [0.05, 0.1) is 4.92 Å². The molecule has 15 heavy (non-hydrogen) atoms. The number of nitro benzene ring substituents is 1. The number of benzene rings is 1. The molecule has 1 aromatic carbocycles. The van der Waals surface area contributed by atoms with E-state index >= 15 is 0 Å². The van der Waals surface area contributed by atoms with Crippen molar-refractivity contribution in [1.82, 2.24) is 0 Å². The minimum Gasteiger partial charge on any atom is -0.480 e. The van der Waals surface area contributed by atoms with Gasteiger partial charge in [-0.05, 0) is 24.1 Å². The van der Waals surface area contributed by atoms with Crippen molar-refractivity contribution in [3.63, 3.8) is 0 Å². The van der Waals surface area contributed by atoms with Crippen LogP contribution in [0.5, 0.6) is 0 Å². The summed E-state index contributed by atoms with van der Waals surface area (Å²) in [5.74, 6) is -1.16. The van der Waals surface area contributed by atoms with Crippen LogP contribution in [0, 0.1) is 17.0 Å². The first kappa shape index (κ1) is 11.1. The third kappa shape index (κ3) is 2.29. The predicted octanol–water partition coefficient (Wildman–Crippen LogP) is 0.988. The molecule has 0 amide bonds. The van der Waals surface area contributed by atoms with Gasteiger partial charge in [0.25, 0.3) is 5.69 Å². The molecule has 0 heterocycles. The summed E-state index contributed by atoms with van der Waals surface area (Å²) in [5.41, 5.74) is 6.20. The molecule has 0 aromatic heterocycles. The lowest BCUT2D eigenvalue weighted by atomic mass is 10.0. The van der Waals surface area contributed by atoms with Crippen LogP contribution >= 0.6 is 0 Å². The number of rotatable bonds is 3. The number of non-ortho nitro benzene ring substituents is 1. The molecule has 0 saturated heterocycles. The number of carboxylic acids is 1. The fourth-order valence-corrected chi connectivity index (χ4v) is 1.26. The van der Waals surface area contributed by atoms with Gasteiger partial charge in [0.1, 0.15) is 6.04 Å². The Labute approximate surface area is 85.5 Å². The number of carbonyl (C=O) groups is 1. The van der Waals surface area contributed by atoms with Gasteiger partial charge in [-0.1, -0.05) is 0 Å². The van der Waals surface area contributed by atoms with Crippen LogP contribution in [0.15, 0.2) is 18.2 Å². The zero-order valence-corrected chi connectivity index (χ0v) is 8.01. The second-order valence-electron chi connectivity index (χ2n) is 3.11. The highest BCUT2D eigenvalue weighted by atomic mass is 16.6. The van der Waals surface area contributed by atoms with Gasteiger partial charge in [0.2, 0.25) is 0 Å². The maximum Gasteiger partial charge on any atom is 0.325 e. The molecule has 80 valence electrons. The smallest absolute Gasteiger partial charge is 0.325 e. The van der Waals surface area contributed by atoms with E-state index in [1.54, 1.807) is 6.92 Å². The highest BCUT2D eigenvalue weighted by Crippen LogP contribution is 2.21. The van der Waals surface area contributed by atoms with E-state index in [0.717, 1.165) is 0 Å². The topological polar surface area (TPSA) is 106 Å². The van der Waals surface area contributed by atoms with Crippen LogP contribution in [0.1, 0.15) is 17.2 Å². The molecular formula is C9H10N2O4. The van der Waals surface area contributed by atoms with Crippen LogP contribution in [-0.4, -0.2) is 16.0 Å². The highest BCUT2D eigenvalue weighted by Gasteiger charge is 2.18. The van der Waals surface area contributed by atoms with E-state index in [2.05, 4.69) is 0 Å². The van der Waals surface area contributed by atoms with Crippen LogP contribution in [0.3, 0.4) is 0 Å². The zero-order valence-electron chi connectivity index (χ0n) is 8.01. The van der Waals surface area contributed by atoms with Gasteiger partial charge in [-0.2, -0.15) is 0 Å². The van der Waals surface area contributed by atoms with Crippen molar-refractivity contribution in [3.8, 4) is 0 Å². The van der Waals surface area contributed by atoms with Crippen LogP contribution in [0.4, 0.5) is 5.69 Å². The predicted molar refractivity (Wildman–Crippen MR) is 52.4 cm³/mol. The third-order valence-electron chi connectivity index (χ3n) is 2.07. The van der Waals surface area contributed by atoms with Crippen molar-refractivity contribution < 1.29 is 14.8 Å². The first-order valence-corrected chi connectivity index (χ1v) is 4.17. The number of hydrogen-bond donors (Lipinski definition) is 2. The van der Waals surface area contributed by atoms with Gasteiger partial charge in [0.15, 0.2) is 0 Å². The normalized spacial score (nSPS) is 12.1. The molecule has 0 unspecified atom stereocenters. The molecule has 0 bridgehead atoms. The van der Waals surface area contributed by atoms with Crippen molar-refractivity contribution in [1.29, 1.82) is 0 Å². The van der Waals surface area contributed by atoms with E-state index in [1.807, 2.05) is 0 Å². The largest absolute Gasteiger partial charge is 0.480 e. The molecule has 6 heteroatoms. The first-order valence-electron chi connectivity index (χ1n) is 4.17. The van der Waals surface area contributed by atoms with Crippen molar-refractivity contribution in [2.24, 2.45) is 5.73 Å². The summed E-state index contributed by atoms with van der Waals surface area (Å²) < 4.78 is 0. The second-order valence-corrected chi connectivity index (χ2v) is 3.11. The van der Waals surface area contributed by atoms with Crippen molar-refractivity contribution in [3.05, 3.63) is 39.4 Å². The van der Waals surface area contributed by atoms with Crippen LogP contribution in [-0.2, 0) is 4.79 Å². The van der Waals surface area contributed by atoms with Crippen molar-refractivity contribution >= 4 is 11.7 Å². The summed E-state index contributed by atoms with van der Waals surface area (Å²) in [4.78, 5) is 20.5. The van der Waals surface area contributed by atoms with Gasteiger partial charge in [-0.25, -0.2) is 0 Å². The number of carboxylic acid groups (broad SMARTS) is 1. The van der Waals surface area contributed by atoms with E-state index in [0.29, 0.717) is 11.1 Å². The van der Waals surface area contributed by atoms with Crippen LogP contribution < -0.4 is 5.73 Å². The molecule has 1 rings (SSSR count). The maximum absolute atomic E-state index is 10.6. The Bertz CT molecular complexity index is 417. The highest BCUT2D eigenvalue weighted by molar-refractivity contribution is 5.76.